The fourth-order valence-corrected chi connectivity index (χ4v) is 4.09. The van der Waals surface area contributed by atoms with Gasteiger partial charge < -0.3 is 14.2 Å². The van der Waals surface area contributed by atoms with Crippen molar-refractivity contribution in [1.82, 2.24) is 0 Å². The molecule has 1 atom stereocenters. The predicted octanol–water partition coefficient (Wildman–Crippen LogP) is 6.90. The van der Waals surface area contributed by atoms with Crippen LogP contribution in [0.25, 0.3) is 6.08 Å². The normalized spacial score (nSPS) is 17.8. The summed E-state index contributed by atoms with van der Waals surface area (Å²) in [5.74, 6) is 1.96. The predicted molar refractivity (Wildman–Crippen MR) is 125 cm³/mol. The van der Waals surface area contributed by atoms with E-state index in [1.54, 1.807) is 36.4 Å². The van der Waals surface area contributed by atoms with Crippen LogP contribution in [0.1, 0.15) is 28.4 Å². The van der Waals surface area contributed by atoms with E-state index in [-0.39, 0.29) is 24.3 Å². The molecule has 32 heavy (non-hydrogen) atoms. The smallest absolute Gasteiger partial charge is 0.231 e. The SMILES string of the molecule is CC1Oc2ccccc2C=C1/C=C1\Oc2cc(OCc3ccc(Cl)cc3Cl)ccc2C1=O. The first-order valence-corrected chi connectivity index (χ1v) is 10.9. The number of ketones is 1. The van der Waals surface area contributed by atoms with Crippen LogP contribution in [-0.4, -0.2) is 11.9 Å². The van der Waals surface area contributed by atoms with Crippen molar-refractivity contribution in [2.75, 3.05) is 0 Å². The Morgan fingerprint density at radius 2 is 1.88 bits per heavy atom. The number of carbonyl (C=O) groups excluding carboxylic acids is 1. The summed E-state index contributed by atoms with van der Waals surface area (Å²) in [6.07, 6.45) is 3.57. The van der Waals surface area contributed by atoms with Crippen LogP contribution in [0.5, 0.6) is 17.2 Å². The summed E-state index contributed by atoms with van der Waals surface area (Å²) in [7, 11) is 0. The molecule has 0 fully saturated rings. The number of ether oxygens (including phenoxy) is 3. The van der Waals surface area contributed by atoms with Gasteiger partial charge in [-0.15, -0.1) is 0 Å². The van der Waals surface area contributed by atoms with E-state index in [2.05, 4.69) is 0 Å². The minimum Gasteiger partial charge on any atom is -0.489 e. The van der Waals surface area contributed by atoms with Gasteiger partial charge in [-0.1, -0.05) is 47.5 Å². The molecule has 5 rings (SSSR count). The van der Waals surface area contributed by atoms with Gasteiger partial charge >= 0.3 is 0 Å². The van der Waals surface area contributed by atoms with Gasteiger partial charge in [0.25, 0.3) is 0 Å². The molecule has 160 valence electrons. The average molecular weight is 465 g/mol. The Labute approximate surface area is 195 Å². The van der Waals surface area contributed by atoms with Crippen molar-refractivity contribution in [3.8, 4) is 17.2 Å². The van der Waals surface area contributed by atoms with Gasteiger partial charge in [-0.3, -0.25) is 4.79 Å². The molecule has 0 spiro atoms. The average Bonchev–Trinajstić information content (AvgIpc) is 3.08. The van der Waals surface area contributed by atoms with Crippen LogP contribution in [0.2, 0.25) is 10.0 Å². The summed E-state index contributed by atoms with van der Waals surface area (Å²) >= 11 is 12.1. The molecule has 2 aliphatic rings. The van der Waals surface area contributed by atoms with Crippen molar-refractivity contribution >= 4 is 35.1 Å². The van der Waals surface area contributed by atoms with Crippen molar-refractivity contribution in [2.45, 2.75) is 19.6 Å². The van der Waals surface area contributed by atoms with Crippen LogP contribution in [0, 0.1) is 0 Å². The quantitative estimate of drug-likeness (QED) is 0.394. The molecular weight excluding hydrogens is 447 g/mol. The monoisotopic (exact) mass is 464 g/mol. The molecule has 0 aliphatic carbocycles. The van der Waals surface area contributed by atoms with Crippen molar-refractivity contribution in [1.29, 1.82) is 0 Å². The molecule has 0 radical (unpaired) electrons. The minimum absolute atomic E-state index is 0.167. The van der Waals surface area contributed by atoms with E-state index in [9.17, 15) is 4.79 Å². The summed E-state index contributed by atoms with van der Waals surface area (Å²) in [4.78, 5) is 12.9. The third-order valence-electron chi connectivity index (χ3n) is 5.36. The number of hydrogen-bond donors (Lipinski definition) is 0. The largest absolute Gasteiger partial charge is 0.489 e. The molecule has 0 saturated heterocycles. The number of fused-ring (bicyclic) bond motifs is 2. The van der Waals surface area contributed by atoms with Gasteiger partial charge in [-0.05, 0) is 55.0 Å². The van der Waals surface area contributed by atoms with E-state index in [1.807, 2.05) is 43.3 Å². The molecule has 1 unspecified atom stereocenters. The third-order valence-corrected chi connectivity index (χ3v) is 5.95. The topological polar surface area (TPSA) is 44.8 Å². The van der Waals surface area contributed by atoms with Crippen molar-refractivity contribution in [3.05, 3.63) is 105 Å². The number of Topliss-reactive ketones (excluding diaryl/α,β-unsaturated/α-hetero) is 1. The summed E-state index contributed by atoms with van der Waals surface area (Å²) in [6.45, 7) is 2.21. The van der Waals surface area contributed by atoms with E-state index < -0.39 is 0 Å². The molecule has 0 aromatic heterocycles. The molecule has 0 N–H and O–H groups in total. The molecule has 2 aliphatic heterocycles. The molecule has 3 aromatic carbocycles. The Morgan fingerprint density at radius 1 is 1.03 bits per heavy atom. The molecule has 0 amide bonds. The highest BCUT2D eigenvalue weighted by Crippen LogP contribution is 2.37. The van der Waals surface area contributed by atoms with Gasteiger partial charge in [0, 0.05) is 27.2 Å². The van der Waals surface area contributed by atoms with E-state index in [0.717, 1.165) is 22.4 Å². The Kier molecular flexibility index (Phi) is 5.41. The molecule has 6 heteroatoms. The first-order valence-electron chi connectivity index (χ1n) is 10.1. The molecule has 0 bridgehead atoms. The fourth-order valence-electron chi connectivity index (χ4n) is 3.63. The van der Waals surface area contributed by atoms with Gasteiger partial charge in [0.1, 0.15) is 30.0 Å². The first kappa shape index (κ1) is 20.7. The molecular formula is C26H18Cl2O4. The summed E-state index contributed by atoms with van der Waals surface area (Å²) in [6, 6.07) is 18.2. The van der Waals surface area contributed by atoms with Crippen LogP contribution in [-0.2, 0) is 6.61 Å². The van der Waals surface area contributed by atoms with E-state index in [0.29, 0.717) is 27.1 Å². The Bertz CT molecular complexity index is 1290. The number of rotatable bonds is 4. The summed E-state index contributed by atoms with van der Waals surface area (Å²) in [5.41, 5.74) is 3.15. The highest BCUT2D eigenvalue weighted by molar-refractivity contribution is 6.35. The lowest BCUT2D eigenvalue weighted by atomic mass is 10.0. The highest BCUT2D eigenvalue weighted by atomic mass is 35.5. The molecule has 4 nitrogen and oxygen atoms in total. The van der Waals surface area contributed by atoms with Gasteiger partial charge in [0.05, 0.1) is 5.56 Å². The maximum atomic E-state index is 12.9. The molecule has 2 heterocycles. The Balaban J connectivity index is 1.35. The first-order chi connectivity index (χ1) is 15.5. The molecule has 0 saturated carbocycles. The second kappa shape index (κ2) is 8.38. The van der Waals surface area contributed by atoms with Crippen LogP contribution in [0.4, 0.5) is 0 Å². The second-order valence-corrected chi connectivity index (χ2v) is 8.41. The van der Waals surface area contributed by atoms with Crippen LogP contribution < -0.4 is 14.2 Å². The van der Waals surface area contributed by atoms with Crippen molar-refractivity contribution in [3.63, 3.8) is 0 Å². The maximum Gasteiger partial charge on any atom is 0.231 e. The van der Waals surface area contributed by atoms with E-state index >= 15 is 0 Å². The van der Waals surface area contributed by atoms with E-state index in [4.69, 9.17) is 37.4 Å². The fraction of sp³-hybridized carbons (Fsp3) is 0.115. The molecule has 3 aromatic rings. The number of carbonyl (C=O) groups is 1. The zero-order valence-electron chi connectivity index (χ0n) is 17.1. The lowest BCUT2D eigenvalue weighted by Gasteiger charge is -2.22. The van der Waals surface area contributed by atoms with Crippen LogP contribution in [0.15, 0.2) is 78.1 Å². The highest BCUT2D eigenvalue weighted by Gasteiger charge is 2.29. The Morgan fingerprint density at radius 3 is 2.72 bits per heavy atom. The van der Waals surface area contributed by atoms with E-state index in [1.165, 1.54) is 0 Å². The van der Waals surface area contributed by atoms with Crippen LogP contribution in [0.3, 0.4) is 0 Å². The standard InChI is InChI=1S/C26H18Cl2O4/c1-15-18(10-16-4-2-3-5-23(16)31-15)11-25-26(29)21-9-8-20(13-24(21)32-25)30-14-17-6-7-19(27)12-22(17)28/h2-13,15H,14H2,1H3/b25-11-. The number of para-hydroxylation sites is 1. The summed E-state index contributed by atoms with van der Waals surface area (Å²) < 4.78 is 17.7. The maximum absolute atomic E-state index is 12.9. The Hall–Kier alpha value is -3.21. The second-order valence-electron chi connectivity index (χ2n) is 7.56. The number of hydrogen-bond acceptors (Lipinski definition) is 4. The van der Waals surface area contributed by atoms with Gasteiger partial charge in [0.15, 0.2) is 5.76 Å². The summed E-state index contributed by atoms with van der Waals surface area (Å²) in [5, 5.41) is 1.10. The number of allylic oxidation sites excluding steroid dienone is 1. The number of benzene rings is 3. The minimum atomic E-state index is -0.194. The zero-order chi connectivity index (χ0) is 22.2. The lowest BCUT2D eigenvalue weighted by molar-refractivity contribution is 0.101. The van der Waals surface area contributed by atoms with Crippen molar-refractivity contribution < 1.29 is 19.0 Å². The van der Waals surface area contributed by atoms with Gasteiger partial charge in [-0.2, -0.15) is 0 Å². The lowest BCUT2D eigenvalue weighted by Crippen LogP contribution is -2.18. The van der Waals surface area contributed by atoms with Crippen LogP contribution >= 0.6 is 23.2 Å². The number of halogens is 2. The third kappa shape index (κ3) is 3.99. The van der Waals surface area contributed by atoms with Crippen molar-refractivity contribution in [2.24, 2.45) is 0 Å². The van der Waals surface area contributed by atoms with Gasteiger partial charge in [0.2, 0.25) is 5.78 Å². The zero-order valence-corrected chi connectivity index (χ0v) is 18.6. The van der Waals surface area contributed by atoms with Gasteiger partial charge in [-0.25, -0.2) is 0 Å².